The number of hydrogen-bond acceptors (Lipinski definition) is 4. The molecule has 0 aliphatic carbocycles. The van der Waals surface area contributed by atoms with Crippen LogP contribution in [0.25, 0.3) is 0 Å². The zero-order valence-corrected chi connectivity index (χ0v) is 7.94. The predicted octanol–water partition coefficient (Wildman–Crippen LogP) is 1.70. The van der Waals surface area contributed by atoms with Crippen molar-refractivity contribution < 1.29 is 4.74 Å². The second kappa shape index (κ2) is 4.23. The highest BCUT2D eigenvalue weighted by atomic mass is 32.2. The zero-order valence-electron chi connectivity index (χ0n) is 7.13. The SMILES string of the molecule is CNc1ccc(SN)c(OC)c1. The summed E-state index contributed by atoms with van der Waals surface area (Å²) in [5, 5.41) is 8.46. The summed E-state index contributed by atoms with van der Waals surface area (Å²) in [6, 6.07) is 5.79. The van der Waals surface area contributed by atoms with Crippen LogP contribution in [-0.2, 0) is 0 Å². The van der Waals surface area contributed by atoms with Crippen molar-refractivity contribution >= 4 is 17.6 Å². The highest BCUT2D eigenvalue weighted by Gasteiger charge is 2.01. The Balaban J connectivity index is 3.02. The Kier molecular flexibility index (Phi) is 3.25. The molecule has 0 radical (unpaired) electrons. The molecule has 0 unspecified atom stereocenters. The number of anilines is 1. The molecule has 0 atom stereocenters. The van der Waals surface area contributed by atoms with E-state index in [1.54, 1.807) is 7.11 Å². The second-order valence-corrected chi connectivity index (χ2v) is 2.91. The van der Waals surface area contributed by atoms with E-state index in [4.69, 9.17) is 9.88 Å². The Morgan fingerprint density at radius 1 is 1.50 bits per heavy atom. The van der Waals surface area contributed by atoms with Gasteiger partial charge >= 0.3 is 0 Å². The van der Waals surface area contributed by atoms with E-state index in [0.29, 0.717) is 0 Å². The van der Waals surface area contributed by atoms with Gasteiger partial charge in [0, 0.05) is 18.8 Å². The van der Waals surface area contributed by atoms with Gasteiger partial charge in [-0.2, -0.15) is 0 Å². The van der Waals surface area contributed by atoms with Crippen LogP contribution < -0.4 is 15.2 Å². The van der Waals surface area contributed by atoms with Crippen molar-refractivity contribution in [3.8, 4) is 5.75 Å². The van der Waals surface area contributed by atoms with Gasteiger partial charge in [0.15, 0.2) is 0 Å². The minimum atomic E-state index is 0.800. The summed E-state index contributed by atoms with van der Waals surface area (Å²) in [7, 11) is 3.50. The molecule has 1 aromatic rings. The molecule has 0 heterocycles. The van der Waals surface area contributed by atoms with E-state index >= 15 is 0 Å². The molecule has 1 aromatic carbocycles. The van der Waals surface area contributed by atoms with Crippen LogP contribution in [0.3, 0.4) is 0 Å². The third-order valence-corrected chi connectivity index (χ3v) is 2.17. The smallest absolute Gasteiger partial charge is 0.135 e. The first-order valence-electron chi connectivity index (χ1n) is 3.54. The van der Waals surface area contributed by atoms with E-state index in [1.165, 1.54) is 11.9 Å². The second-order valence-electron chi connectivity index (χ2n) is 2.23. The van der Waals surface area contributed by atoms with E-state index in [1.807, 2.05) is 25.2 Å². The number of nitrogens with one attached hydrogen (secondary N) is 1. The average Bonchev–Trinajstić information content (AvgIpc) is 2.16. The normalized spacial score (nSPS) is 9.58. The van der Waals surface area contributed by atoms with Crippen molar-refractivity contribution in [1.82, 2.24) is 0 Å². The largest absolute Gasteiger partial charge is 0.495 e. The van der Waals surface area contributed by atoms with Crippen LogP contribution >= 0.6 is 11.9 Å². The summed E-state index contributed by atoms with van der Waals surface area (Å²) in [6.45, 7) is 0. The van der Waals surface area contributed by atoms with Gasteiger partial charge in [0.2, 0.25) is 0 Å². The first-order chi connectivity index (χ1) is 5.81. The Hall–Kier alpha value is -0.870. The molecule has 1 rings (SSSR count). The Morgan fingerprint density at radius 3 is 2.75 bits per heavy atom. The molecule has 4 heteroatoms. The van der Waals surface area contributed by atoms with Gasteiger partial charge in [0.25, 0.3) is 0 Å². The maximum atomic E-state index is 5.43. The monoisotopic (exact) mass is 184 g/mol. The van der Waals surface area contributed by atoms with Gasteiger partial charge in [-0.25, -0.2) is 0 Å². The van der Waals surface area contributed by atoms with Crippen molar-refractivity contribution in [1.29, 1.82) is 0 Å². The summed E-state index contributed by atoms with van der Waals surface area (Å²) in [4.78, 5) is 0.941. The molecule has 0 aliphatic rings. The van der Waals surface area contributed by atoms with Crippen LogP contribution in [-0.4, -0.2) is 14.2 Å². The van der Waals surface area contributed by atoms with Crippen LogP contribution in [0.2, 0.25) is 0 Å². The van der Waals surface area contributed by atoms with Gasteiger partial charge in [-0.05, 0) is 24.1 Å². The van der Waals surface area contributed by atoms with Crippen molar-refractivity contribution in [2.75, 3.05) is 19.5 Å². The molecule has 0 saturated carbocycles. The van der Waals surface area contributed by atoms with Crippen molar-refractivity contribution in [3.63, 3.8) is 0 Å². The molecule has 0 bridgehead atoms. The zero-order chi connectivity index (χ0) is 8.97. The number of benzene rings is 1. The molecule has 0 fully saturated rings. The Bertz CT molecular complexity index is 265. The molecule has 12 heavy (non-hydrogen) atoms. The fourth-order valence-corrected chi connectivity index (χ4v) is 1.33. The summed E-state index contributed by atoms with van der Waals surface area (Å²) >= 11 is 1.19. The fourth-order valence-electron chi connectivity index (χ4n) is 0.920. The first kappa shape index (κ1) is 9.22. The van der Waals surface area contributed by atoms with Crippen LogP contribution in [0.4, 0.5) is 5.69 Å². The highest BCUT2D eigenvalue weighted by molar-refractivity contribution is 7.97. The maximum Gasteiger partial charge on any atom is 0.135 e. The van der Waals surface area contributed by atoms with E-state index in [0.717, 1.165) is 16.3 Å². The van der Waals surface area contributed by atoms with Crippen molar-refractivity contribution in [2.24, 2.45) is 5.14 Å². The molecule has 3 nitrogen and oxygen atoms in total. The quantitative estimate of drug-likeness (QED) is 0.702. The predicted molar refractivity (Wildman–Crippen MR) is 52.6 cm³/mol. The van der Waals surface area contributed by atoms with E-state index in [9.17, 15) is 0 Å². The molecular formula is C8H12N2OS. The number of rotatable bonds is 3. The van der Waals surface area contributed by atoms with Gasteiger partial charge in [-0.1, -0.05) is 0 Å². The molecule has 0 aromatic heterocycles. The Morgan fingerprint density at radius 2 is 2.25 bits per heavy atom. The minimum Gasteiger partial charge on any atom is -0.495 e. The molecule has 0 spiro atoms. The highest BCUT2D eigenvalue weighted by Crippen LogP contribution is 2.28. The van der Waals surface area contributed by atoms with Crippen LogP contribution in [0.5, 0.6) is 5.75 Å². The average molecular weight is 184 g/mol. The standard InChI is InChI=1S/C8H12N2OS/c1-10-6-3-4-8(12-9)7(5-6)11-2/h3-5,10H,9H2,1-2H3. The minimum absolute atomic E-state index is 0.800. The fraction of sp³-hybridized carbons (Fsp3) is 0.250. The van der Waals surface area contributed by atoms with Gasteiger partial charge in [-0.3, -0.25) is 5.14 Å². The lowest BCUT2D eigenvalue weighted by molar-refractivity contribution is 0.405. The van der Waals surface area contributed by atoms with E-state index < -0.39 is 0 Å². The van der Waals surface area contributed by atoms with Crippen molar-refractivity contribution in [3.05, 3.63) is 18.2 Å². The van der Waals surface area contributed by atoms with Crippen LogP contribution in [0, 0.1) is 0 Å². The number of nitrogens with two attached hydrogens (primary N) is 1. The maximum absolute atomic E-state index is 5.43. The van der Waals surface area contributed by atoms with E-state index in [-0.39, 0.29) is 0 Å². The Labute approximate surface area is 76.4 Å². The summed E-state index contributed by atoms with van der Waals surface area (Å²) in [5.41, 5.74) is 1.02. The third-order valence-electron chi connectivity index (χ3n) is 1.58. The number of hydrogen-bond donors (Lipinski definition) is 2. The molecule has 0 amide bonds. The summed E-state index contributed by atoms with van der Waals surface area (Å²) in [5.74, 6) is 0.800. The van der Waals surface area contributed by atoms with Gasteiger partial charge in [0.05, 0.1) is 12.0 Å². The third kappa shape index (κ3) is 1.84. The van der Waals surface area contributed by atoms with E-state index in [2.05, 4.69) is 5.32 Å². The van der Waals surface area contributed by atoms with Crippen LogP contribution in [0.1, 0.15) is 0 Å². The van der Waals surface area contributed by atoms with Gasteiger partial charge in [-0.15, -0.1) is 0 Å². The van der Waals surface area contributed by atoms with Crippen LogP contribution in [0.15, 0.2) is 23.1 Å². The summed E-state index contributed by atoms with van der Waals surface area (Å²) in [6.07, 6.45) is 0. The number of methoxy groups -OCH3 is 1. The molecule has 0 aliphatic heterocycles. The molecule has 0 saturated heterocycles. The number of ether oxygens (including phenoxy) is 1. The molecule has 66 valence electrons. The first-order valence-corrected chi connectivity index (χ1v) is 4.42. The lowest BCUT2D eigenvalue weighted by Gasteiger charge is -2.07. The molecule has 3 N–H and O–H groups in total. The summed E-state index contributed by atoms with van der Waals surface area (Å²) < 4.78 is 5.14. The van der Waals surface area contributed by atoms with Gasteiger partial charge < -0.3 is 10.1 Å². The molecular weight excluding hydrogens is 172 g/mol. The van der Waals surface area contributed by atoms with Gasteiger partial charge in [0.1, 0.15) is 5.75 Å². The van der Waals surface area contributed by atoms with Crippen molar-refractivity contribution in [2.45, 2.75) is 4.90 Å². The lowest BCUT2D eigenvalue weighted by atomic mass is 10.3. The lowest BCUT2D eigenvalue weighted by Crippen LogP contribution is -1.92. The topological polar surface area (TPSA) is 47.3 Å².